The molecule has 0 aromatic heterocycles. The highest BCUT2D eigenvalue weighted by atomic mass is 16.5. The van der Waals surface area contributed by atoms with Gasteiger partial charge in [-0.05, 0) is 43.9 Å². The van der Waals surface area contributed by atoms with Crippen LogP contribution in [0.5, 0.6) is 5.75 Å². The van der Waals surface area contributed by atoms with E-state index in [2.05, 4.69) is 19.9 Å². The summed E-state index contributed by atoms with van der Waals surface area (Å²) in [7, 11) is 1.69. The molecule has 1 unspecified atom stereocenters. The molecule has 0 amide bonds. The second-order valence-electron chi connectivity index (χ2n) is 5.32. The van der Waals surface area contributed by atoms with Gasteiger partial charge in [0.2, 0.25) is 0 Å². The van der Waals surface area contributed by atoms with Gasteiger partial charge in [-0.1, -0.05) is 18.9 Å². The Morgan fingerprint density at radius 2 is 1.94 bits per heavy atom. The second kappa shape index (κ2) is 5.55. The standard InChI is InChI=1S/C16H22O2/c1-11-9-12(2)16(15(10-11)18-3)13-7-5-4-6-8-14(13)17/h9-10,13H,4-8H2,1-3H3. The lowest BCUT2D eigenvalue weighted by atomic mass is 9.86. The summed E-state index contributed by atoms with van der Waals surface area (Å²) in [6, 6.07) is 4.19. The maximum atomic E-state index is 12.3. The third kappa shape index (κ3) is 2.58. The summed E-state index contributed by atoms with van der Waals surface area (Å²) in [5, 5.41) is 0. The van der Waals surface area contributed by atoms with Gasteiger partial charge < -0.3 is 4.74 Å². The predicted octanol–water partition coefficient (Wildman–Crippen LogP) is 3.93. The third-order valence-corrected chi connectivity index (χ3v) is 3.87. The molecule has 98 valence electrons. The highest BCUT2D eigenvalue weighted by molar-refractivity contribution is 5.87. The van der Waals surface area contributed by atoms with Crippen molar-refractivity contribution in [2.75, 3.05) is 7.11 Å². The second-order valence-corrected chi connectivity index (χ2v) is 5.32. The lowest BCUT2D eigenvalue weighted by molar-refractivity contribution is -0.120. The number of ketones is 1. The van der Waals surface area contributed by atoms with E-state index in [0.717, 1.165) is 37.0 Å². The first-order chi connectivity index (χ1) is 8.63. The van der Waals surface area contributed by atoms with Gasteiger partial charge in [0.05, 0.1) is 7.11 Å². The van der Waals surface area contributed by atoms with Crippen LogP contribution in [0, 0.1) is 13.8 Å². The van der Waals surface area contributed by atoms with Crippen LogP contribution in [-0.4, -0.2) is 12.9 Å². The Balaban J connectivity index is 2.44. The number of ether oxygens (including phenoxy) is 1. The van der Waals surface area contributed by atoms with Gasteiger partial charge in [-0.25, -0.2) is 0 Å². The first kappa shape index (κ1) is 13.1. The number of rotatable bonds is 2. The van der Waals surface area contributed by atoms with Crippen molar-refractivity contribution in [2.24, 2.45) is 0 Å². The van der Waals surface area contributed by atoms with Gasteiger partial charge >= 0.3 is 0 Å². The number of carbonyl (C=O) groups excluding carboxylic acids is 1. The number of benzene rings is 1. The molecule has 1 aliphatic rings. The molecule has 18 heavy (non-hydrogen) atoms. The van der Waals surface area contributed by atoms with E-state index in [1.807, 2.05) is 6.07 Å². The fourth-order valence-corrected chi connectivity index (χ4v) is 3.02. The molecule has 2 rings (SSSR count). The summed E-state index contributed by atoms with van der Waals surface area (Å²) in [5.41, 5.74) is 3.50. The Morgan fingerprint density at radius 3 is 2.67 bits per heavy atom. The minimum Gasteiger partial charge on any atom is -0.496 e. The summed E-state index contributed by atoms with van der Waals surface area (Å²) in [4.78, 5) is 12.3. The van der Waals surface area contributed by atoms with Crippen LogP contribution in [0.25, 0.3) is 0 Å². The molecule has 0 bridgehead atoms. The fraction of sp³-hybridized carbons (Fsp3) is 0.562. The Bertz CT molecular complexity index is 449. The van der Waals surface area contributed by atoms with Crippen LogP contribution in [0.15, 0.2) is 12.1 Å². The zero-order valence-electron chi connectivity index (χ0n) is 11.6. The van der Waals surface area contributed by atoms with Crippen molar-refractivity contribution in [1.82, 2.24) is 0 Å². The fourth-order valence-electron chi connectivity index (χ4n) is 3.02. The Hall–Kier alpha value is -1.31. The smallest absolute Gasteiger partial charge is 0.140 e. The zero-order valence-corrected chi connectivity index (χ0v) is 11.6. The first-order valence-electron chi connectivity index (χ1n) is 6.81. The van der Waals surface area contributed by atoms with Crippen LogP contribution in [0.2, 0.25) is 0 Å². The van der Waals surface area contributed by atoms with E-state index in [1.54, 1.807) is 7.11 Å². The number of methoxy groups -OCH3 is 1. The van der Waals surface area contributed by atoms with Crippen LogP contribution in [0.4, 0.5) is 0 Å². The van der Waals surface area contributed by atoms with Crippen molar-refractivity contribution >= 4 is 5.78 Å². The normalized spacial score (nSPS) is 20.6. The van der Waals surface area contributed by atoms with Gasteiger partial charge in [0, 0.05) is 17.9 Å². The van der Waals surface area contributed by atoms with Crippen LogP contribution in [0.1, 0.15) is 54.7 Å². The molecule has 0 saturated heterocycles. The summed E-state index contributed by atoms with van der Waals surface area (Å²) in [5.74, 6) is 1.31. The van der Waals surface area contributed by atoms with Crippen LogP contribution in [0.3, 0.4) is 0 Å². The molecule has 0 N–H and O–H groups in total. The van der Waals surface area contributed by atoms with Crippen molar-refractivity contribution in [3.8, 4) is 5.75 Å². The monoisotopic (exact) mass is 246 g/mol. The van der Waals surface area contributed by atoms with Crippen LogP contribution in [-0.2, 0) is 4.79 Å². The molecule has 0 aliphatic heterocycles. The van der Waals surface area contributed by atoms with E-state index >= 15 is 0 Å². The van der Waals surface area contributed by atoms with E-state index < -0.39 is 0 Å². The quantitative estimate of drug-likeness (QED) is 0.739. The third-order valence-electron chi connectivity index (χ3n) is 3.87. The summed E-state index contributed by atoms with van der Waals surface area (Å²) >= 11 is 0. The lowest BCUT2D eigenvalue weighted by Gasteiger charge is -2.20. The first-order valence-corrected chi connectivity index (χ1v) is 6.81. The van der Waals surface area contributed by atoms with Gasteiger partial charge in [0.15, 0.2) is 0 Å². The average molecular weight is 246 g/mol. The molecular weight excluding hydrogens is 224 g/mol. The maximum absolute atomic E-state index is 12.3. The van der Waals surface area contributed by atoms with Crippen LogP contribution >= 0.6 is 0 Å². The number of carbonyl (C=O) groups is 1. The summed E-state index contributed by atoms with van der Waals surface area (Å²) in [6.07, 6.45) is 5.06. The van der Waals surface area contributed by atoms with E-state index in [-0.39, 0.29) is 5.92 Å². The zero-order chi connectivity index (χ0) is 13.1. The summed E-state index contributed by atoms with van der Waals surface area (Å²) in [6.45, 7) is 4.15. The maximum Gasteiger partial charge on any atom is 0.140 e. The molecule has 1 aliphatic carbocycles. The van der Waals surface area contributed by atoms with Crippen molar-refractivity contribution in [3.63, 3.8) is 0 Å². The molecule has 1 atom stereocenters. The minimum absolute atomic E-state index is 0.0445. The van der Waals surface area contributed by atoms with Gasteiger partial charge in [-0.3, -0.25) is 4.79 Å². The van der Waals surface area contributed by atoms with Crippen molar-refractivity contribution in [2.45, 2.75) is 51.9 Å². The van der Waals surface area contributed by atoms with Crippen molar-refractivity contribution in [1.29, 1.82) is 0 Å². The number of Topliss-reactive ketones (excluding diaryl/α,β-unsaturated/α-hetero) is 1. The predicted molar refractivity (Wildman–Crippen MR) is 73.3 cm³/mol. The lowest BCUT2D eigenvalue weighted by Crippen LogP contribution is -2.13. The van der Waals surface area contributed by atoms with E-state index in [9.17, 15) is 4.79 Å². The SMILES string of the molecule is COc1cc(C)cc(C)c1C1CCCCCC1=O. The number of hydrogen-bond acceptors (Lipinski definition) is 2. The largest absolute Gasteiger partial charge is 0.496 e. The van der Waals surface area contributed by atoms with Gasteiger partial charge in [-0.15, -0.1) is 0 Å². The highest BCUT2D eigenvalue weighted by Crippen LogP contribution is 2.37. The van der Waals surface area contributed by atoms with Gasteiger partial charge in [0.1, 0.15) is 11.5 Å². The minimum atomic E-state index is 0.0445. The molecule has 0 heterocycles. The molecule has 1 aromatic carbocycles. The average Bonchev–Trinajstić information content (AvgIpc) is 2.53. The molecule has 2 heteroatoms. The van der Waals surface area contributed by atoms with E-state index in [4.69, 9.17) is 4.74 Å². The molecule has 1 fully saturated rings. The molecular formula is C16H22O2. The van der Waals surface area contributed by atoms with E-state index in [1.165, 1.54) is 17.5 Å². The van der Waals surface area contributed by atoms with Gasteiger partial charge in [0.25, 0.3) is 0 Å². The Morgan fingerprint density at radius 1 is 1.17 bits per heavy atom. The molecule has 1 aromatic rings. The summed E-state index contributed by atoms with van der Waals surface area (Å²) < 4.78 is 5.50. The number of aryl methyl sites for hydroxylation is 2. The molecule has 0 spiro atoms. The molecule has 1 saturated carbocycles. The Kier molecular flexibility index (Phi) is 4.05. The molecule has 2 nitrogen and oxygen atoms in total. The van der Waals surface area contributed by atoms with E-state index in [0.29, 0.717) is 5.78 Å². The highest BCUT2D eigenvalue weighted by Gasteiger charge is 2.26. The van der Waals surface area contributed by atoms with Crippen molar-refractivity contribution < 1.29 is 9.53 Å². The number of hydrogen-bond donors (Lipinski definition) is 0. The molecule has 0 radical (unpaired) electrons. The Labute approximate surface area is 109 Å². The van der Waals surface area contributed by atoms with Crippen LogP contribution < -0.4 is 4.74 Å². The van der Waals surface area contributed by atoms with Gasteiger partial charge in [-0.2, -0.15) is 0 Å². The van der Waals surface area contributed by atoms with Crippen molar-refractivity contribution in [3.05, 3.63) is 28.8 Å². The topological polar surface area (TPSA) is 26.3 Å².